The number of aryl methyl sites for hydroxylation is 1. The van der Waals surface area contributed by atoms with Crippen molar-refractivity contribution in [2.45, 2.75) is 46.1 Å². The van der Waals surface area contributed by atoms with E-state index in [0.717, 1.165) is 28.7 Å². The standard InChI is InChI=1S/C14H18O2/c1-8-6-11(7-15)9(2)12-13(8)16-10(3)14(12,4)5/h6-7,10H,1-5H3. The SMILES string of the molecule is Cc1cc(C=O)c(C)c2c1OC(C)C2(C)C. The summed E-state index contributed by atoms with van der Waals surface area (Å²) >= 11 is 0. The zero-order valence-corrected chi connectivity index (χ0v) is 10.5. The van der Waals surface area contributed by atoms with Crippen LogP contribution in [-0.4, -0.2) is 12.4 Å². The van der Waals surface area contributed by atoms with E-state index in [4.69, 9.17) is 4.74 Å². The molecular weight excluding hydrogens is 200 g/mol. The Morgan fingerprint density at radius 1 is 1.38 bits per heavy atom. The van der Waals surface area contributed by atoms with Crippen LogP contribution in [0.25, 0.3) is 0 Å². The van der Waals surface area contributed by atoms with Gasteiger partial charge < -0.3 is 4.74 Å². The molecule has 0 saturated carbocycles. The summed E-state index contributed by atoms with van der Waals surface area (Å²) in [5.41, 5.74) is 4.07. The summed E-state index contributed by atoms with van der Waals surface area (Å²) in [5.74, 6) is 0.973. The van der Waals surface area contributed by atoms with E-state index in [1.54, 1.807) is 0 Å². The van der Waals surface area contributed by atoms with Crippen LogP contribution in [0.4, 0.5) is 0 Å². The third-order valence-corrected chi connectivity index (χ3v) is 3.85. The van der Waals surface area contributed by atoms with Crippen molar-refractivity contribution >= 4 is 6.29 Å². The molecule has 0 aromatic heterocycles. The minimum atomic E-state index is -0.0246. The highest BCUT2D eigenvalue weighted by Gasteiger charge is 2.41. The average Bonchev–Trinajstić information content (AvgIpc) is 2.45. The first-order chi connectivity index (χ1) is 7.39. The van der Waals surface area contributed by atoms with Crippen molar-refractivity contribution in [1.82, 2.24) is 0 Å². The molecule has 0 aliphatic carbocycles. The van der Waals surface area contributed by atoms with Crippen LogP contribution in [0.1, 0.15) is 47.8 Å². The van der Waals surface area contributed by atoms with Crippen LogP contribution in [-0.2, 0) is 5.41 Å². The number of hydrogen-bond donors (Lipinski definition) is 0. The molecule has 2 heteroatoms. The van der Waals surface area contributed by atoms with Gasteiger partial charge in [-0.2, -0.15) is 0 Å². The smallest absolute Gasteiger partial charge is 0.150 e. The molecule has 1 aromatic carbocycles. The number of fused-ring (bicyclic) bond motifs is 1. The van der Waals surface area contributed by atoms with Crippen molar-refractivity contribution in [3.8, 4) is 5.75 Å². The maximum atomic E-state index is 11.0. The molecule has 2 nitrogen and oxygen atoms in total. The second-order valence-corrected chi connectivity index (χ2v) is 5.21. The molecule has 16 heavy (non-hydrogen) atoms. The van der Waals surface area contributed by atoms with Gasteiger partial charge in [0.2, 0.25) is 0 Å². The van der Waals surface area contributed by atoms with Crippen molar-refractivity contribution < 1.29 is 9.53 Å². The lowest BCUT2D eigenvalue weighted by Crippen LogP contribution is -2.29. The highest BCUT2D eigenvalue weighted by molar-refractivity contribution is 5.80. The normalized spacial score (nSPS) is 21.4. The molecule has 0 amide bonds. The molecule has 1 unspecified atom stereocenters. The Balaban J connectivity index is 2.77. The minimum Gasteiger partial charge on any atom is -0.489 e. The van der Waals surface area contributed by atoms with E-state index >= 15 is 0 Å². The molecule has 0 fully saturated rings. The maximum absolute atomic E-state index is 11.0. The number of benzene rings is 1. The van der Waals surface area contributed by atoms with Crippen molar-refractivity contribution in [3.05, 3.63) is 28.3 Å². The maximum Gasteiger partial charge on any atom is 0.150 e. The molecule has 86 valence electrons. The Kier molecular flexibility index (Phi) is 2.33. The van der Waals surface area contributed by atoms with E-state index in [9.17, 15) is 4.79 Å². The Morgan fingerprint density at radius 3 is 2.56 bits per heavy atom. The summed E-state index contributed by atoms with van der Waals surface area (Å²) in [7, 11) is 0. The summed E-state index contributed by atoms with van der Waals surface area (Å²) in [6.45, 7) is 10.4. The van der Waals surface area contributed by atoms with Gasteiger partial charge in [-0.15, -0.1) is 0 Å². The lowest BCUT2D eigenvalue weighted by molar-refractivity contribution is 0.112. The highest BCUT2D eigenvalue weighted by atomic mass is 16.5. The molecule has 0 N–H and O–H groups in total. The zero-order valence-electron chi connectivity index (χ0n) is 10.5. The Hall–Kier alpha value is -1.31. The molecule has 1 aliphatic heterocycles. The summed E-state index contributed by atoms with van der Waals surface area (Å²) in [5, 5.41) is 0. The topological polar surface area (TPSA) is 26.3 Å². The molecular formula is C14H18O2. The van der Waals surface area contributed by atoms with Gasteiger partial charge in [0, 0.05) is 16.5 Å². The van der Waals surface area contributed by atoms with E-state index in [-0.39, 0.29) is 11.5 Å². The van der Waals surface area contributed by atoms with Gasteiger partial charge in [0.1, 0.15) is 18.1 Å². The molecule has 1 atom stereocenters. The molecule has 1 aromatic rings. The summed E-state index contributed by atoms with van der Waals surface area (Å²) < 4.78 is 5.92. The van der Waals surface area contributed by atoms with E-state index in [1.807, 2.05) is 19.9 Å². The van der Waals surface area contributed by atoms with Crippen molar-refractivity contribution in [2.75, 3.05) is 0 Å². The second-order valence-electron chi connectivity index (χ2n) is 5.21. The molecule has 0 saturated heterocycles. The number of rotatable bonds is 1. The van der Waals surface area contributed by atoms with Gasteiger partial charge in [-0.05, 0) is 38.0 Å². The van der Waals surface area contributed by atoms with Crippen LogP contribution in [0.5, 0.6) is 5.75 Å². The van der Waals surface area contributed by atoms with Crippen LogP contribution >= 0.6 is 0 Å². The van der Waals surface area contributed by atoms with E-state index in [0.29, 0.717) is 0 Å². The Bertz CT molecular complexity index is 458. The molecule has 0 spiro atoms. The fraction of sp³-hybridized carbons (Fsp3) is 0.500. The van der Waals surface area contributed by atoms with E-state index in [2.05, 4.69) is 20.8 Å². The fourth-order valence-corrected chi connectivity index (χ4v) is 2.50. The highest BCUT2D eigenvalue weighted by Crippen LogP contribution is 2.46. The summed E-state index contributed by atoms with van der Waals surface area (Å²) in [4.78, 5) is 11.0. The number of carbonyl (C=O) groups is 1. The average molecular weight is 218 g/mol. The quantitative estimate of drug-likeness (QED) is 0.677. The van der Waals surface area contributed by atoms with Gasteiger partial charge in [-0.1, -0.05) is 13.8 Å². The predicted molar refractivity (Wildman–Crippen MR) is 64.4 cm³/mol. The van der Waals surface area contributed by atoms with Gasteiger partial charge in [0.05, 0.1) is 0 Å². The Labute approximate surface area is 96.6 Å². The van der Waals surface area contributed by atoms with Crippen molar-refractivity contribution in [2.24, 2.45) is 0 Å². The van der Waals surface area contributed by atoms with Gasteiger partial charge >= 0.3 is 0 Å². The third-order valence-electron chi connectivity index (χ3n) is 3.85. The number of hydrogen-bond acceptors (Lipinski definition) is 2. The molecule has 0 bridgehead atoms. The zero-order chi connectivity index (χ0) is 12.1. The van der Waals surface area contributed by atoms with Gasteiger partial charge in [0.15, 0.2) is 0 Å². The van der Waals surface area contributed by atoms with Crippen LogP contribution in [0, 0.1) is 13.8 Å². The first-order valence-electron chi connectivity index (χ1n) is 5.66. The summed E-state index contributed by atoms with van der Waals surface area (Å²) in [6.07, 6.45) is 1.09. The van der Waals surface area contributed by atoms with Crippen molar-refractivity contribution in [1.29, 1.82) is 0 Å². The van der Waals surface area contributed by atoms with Crippen LogP contribution in [0.3, 0.4) is 0 Å². The van der Waals surface area contributed by atoms with E-state index in [1.165, 1.54) is 5.56 Å². The largest absolute Gasteiger partial charge is 0.489 e. The van der Waals surface area contributed by atoms with Gasteiger partial charge in [0.25, 0.3) is 0 Å². The lowest BCUT2D eigenvalue weighted by atomic mass is 9.78. The molecule has 1 aliphatic rings. The molecule has 0 radical (unpaired) electrons. The first kappa shape index (κ1) is 11.2. The van der Waals surface area contributed by atoms with E-state index < -0.39 is 0 Å². The number of carbonyl (C=O) groups excluding carboxylic acids is 1. The molecule has 2 rings (SSSR count). The number of aldehydes is 1. The first-order valence-corrected chi connectivity index (χ1v) is 5.66. The van der Waals surface area contributed by atoms with Crippen LogP contribution in [0.15, 0.2) is 6.07 Å². The van der Waals surface area contributed by atoms with Gasteiger partial charge in [-0.3, -0.25) is 4.79 Å². The predicted octanol–water partition coefficient (Wildman–Crippen LogP) is 3.17. The van der Waals surface area contributed by atoms with Gasteiger partial charge in [-0.25, -0.2) is 0 Å². The minimum absolute atomic E-state index is 0.0246. The Morgan fingerprint density at radius 2 is 2.00 bits per heavy atom. The molecule has 1 heterocycles. The number of ether oxygens (including phenoxy) is 1. The second kappa shape index (κ2) is 3.34. The summed E-state index contributed by atoms with van der Waals surface area (Å²) in [6, 6.07) is 1.91. The fourth-order valence-electron chi connectivity index (χ4n) is 2.50. The van der Waals surface area contributed by atoms with Crippen LogP contribution < -0.4 is 4.74 Å². The monoisotopic (exact) mass is 218 g/mol. The van der Waals surface area contributed by atoms with Crippen LogP contribution in [0.2, 0.25) is 0 Å². The third kappa shape index (κ3) is 1.29. The van der Waals surface area contributed by atoms with Crippen molar-refractivity contribution in [3.63, 3.8) is 0 Å². The lowest BCUT2D eigenvalue weighted by Gasteiger charge is -2.23.